The Labute approximate surface area is 105 Å². The molecule has 18 heavy (non-hydrogen) atoms. The maximum Gasteiger partial charge on any atom is 0.123 e. The van der Waals surface area contributed by atoms with Gasteiger partial charge in [-0.3, -0.25) is 0 Å². The van der Waals surface area contributed by atoms with Crippen molar-refractivity contribution >= 4 is 12.2 Å². The second kappa shape index (κ2) is 5.92. The van der Waals surface area contributed by atoms with Crippen molar-refractivity contribution in [3.05, 3.63) is 83.4 Å². The molecule has 2 heteroatoms. The molecule has 2 aromatic rings. The highest BCUT2D eigenvalue weighted by Crippen LogP contribution is 2.07. The van der Waals surface area contributed by atoms with Crippen LogP contribution < -0.4 is 0 Å². The topological polar surface area (TPSA) is 0 Å². The molecule has 0 spiro atoms. The predicted octanol–water partition coefficient (Wildman–Crippen LogP) is 4.69. The van der Waals surface area contributed by atoms with E-state index < -0.39 is 0 Å². The fourth-order valence-electron chi connectivity index (χ4n) is 1.48. The first-order chi connectivity index (χ1) is 8.74. The monoisotopic (exact) mass is 242 g/mol. The van der Waals surface area contributed by atoms with Crippen LogP contribution in [0.25, 0.3) is 12.2 Å². The molecule has 2 rings (SSSR count). The minimum atomic E-state index is -0.242. The van der Waals surface area contributed by atoms with Crippen molar-refractivity contribution in [1.29, 1.82) is 0 Å². The second-order valence-corrected chi connectivity index (χ2v) is 3.82. The number of halogens is 2. The molecule has 0 heterocycles. The Morgan fingerprint density at radius 3 is 1.22 bits per heavy atom. The molecule has 0 amide bonds. The molecule has 0 saturated carbocycles. The van der Waals surface area contributed by atoms with Gasteiger partial charge in [-0.05, 0) is 35.4 Å². The van der Waals surface area contributed by atoms with Gasteiger partial charge in [-0.25, -0.2) is 8.78 Å². The lowest BCUT2D eigenvalue weighted by Crippen LogP contribution is -1.74. The lowest BCUT2D eigenvalue weighted by Gasteiger charge is -1.92. The van der Waals surface area contributed by atoms with Crippen LogP contribution in [0.4, 0.5) is 8.78 Å². The van der Waals surface area contributed by atoms with Crippen LogP contribution in [0.5, 0.6) is 0 Å². The minimum absolute atomic E-state index is 0.242. The maximum atomic E-state index is 12.7. The molecule has 0 atom stereocenters. The summed E-state index contributed by atoms with van der Waals surface area (Å²) in [6.07, 6.45) is 7.46. The van der Waals surface area contributed by atoms with E-state index in [-0.39, 0.29) is 11.6 Å². The van der Waals surface area contributed by atoms with E-state index in [0.29, 0.717) is 0 Å². The maximum absolute atomic E-state index is 12.7. The van der Waals surface area contributed by atoms with E-state index in [2.05, 4.69) is 0 Å². The van der Waals surface area contributed by atoms with Crippen molar-refractivity contribution in [2.24, 2.45) is 0 Å². The number of hydrogen-bond donors (Lipinski definition) is 0. The first kappa shape index (κ1) is 12.2. The quantitative estimate of drug-likeness (QED) is 0.685. The fourth-order valence-corrected chi connectivity index (χ4v) is 1.48. The molecule has 2 aromatic carbocycles. The number of hydrogen-bond acceptors (Lipinski definition) is 0. The Bertz CT molecular complexity index is 495. The predicted molar refractivity (Wildman–Crippen MR) is 70.9 cm³/mol. The van der Waals surface area contributed by atoms with Crippen LogP contribution in [0.1, 0.15) is 11.1 Å². The number of allylic oxidation sites excluding steroid dienone is 2. The molecule has 0 N–H and O–H groups in total. The van der Waals surface area contributed by atoms with Gasteiger partial charge in [0.05, 0.1) is 0 Å². The van der Waals surface area contributed by atoms with Crippen molar-refractivity contribution in [3.63, 3.8) is 0 Å². The Balaban J connectivity index is 1.98. The van der Waals surface area contributed by atoms with Crippen LogP contribution in [-0.2, 0) is 0 Å². The summed E-state index contributed by atoms with van der Waals surface area (Å²) in [5, 5.41) is 0. The van der Waals surface area contributed by atoms with E-state index in [9.17, 15) is 8.78 Å². The normalized spacial score (nSPS) is 11.4. The molecule has 0 saturated heterocycles. The van der Waals surface area contributed by atoms with E-state index in [1.54, 1.807) is 24.3 Å². The van der Waals surface area contributed by atoms with Crippen LogP contribution in [0.15, 0.2) is 60.7 Å². The molecule has 0 aliphatic heterocycles. The van der Waals surface area contributed by atoms with Gasteiger partial charge in [-0.2, -0.15) is 0 Å². The average Bonchev–Trinajstić information content (AvgIpc) is 2.39. The third kappa shape index (κ3) is 3.67. The van der Waals surface area contributed by atoms with E-state index in [1.165, 1.54) is 24.3 Å². The molecule has 0 bridgehead atoms. The van der Waals surface area contributed by atoms with E-state index in [1.807, 2.05) is 24.3 Å². The lowest BCUT2D eigenvalue weighted by molar-refractivity contribution is 0.627. The molecule has 90 valence electrons. The van der Waals surface area contributed by atoms with Gasteiger partial charge in [0.1, 0.15) is 11.6 Å². The zero-order chi connectivity index (χ0) is 12.8. The largest absolute Gasteiger partial charge is 0.207 e. The molecule has 0 aliphatic rings. The van der Waals surface area contributed by atoms with Crippen LogP contribution in [-0.4, -0.2) is 0 Å². The third-order valence-electron chi connectivity index (χ3n) is 2.43. The summed E-state index contributed by atoms with van der Waals surface area (Å²) in [5.41, 5.74) is 1.86. The van der Waals surface area contributed by atoms with Crippen LogP contribution in [0.2, 0.25) is 0 Å². The molecule has 0 radical (unpaired) electrons. The SMILES string of the molecule is Fc1ccc(/C=C/C=C/c2ccc(F)cc2)cc1. The molecule has 0 aromatic heterocycles. The summed E-state index contributed by atoms with van der Waals surface area (Å²) in [5.74, 6) is -0.483. The zero-order valence-corrected chi connectivity index (χ0v) is 9.68. The molecule has 0 nitrogen and oxygen atoms in total. The zero-order valence-electron chi connectivity index (χ0n) is 9.68. The van der Waals surface area contributed by atoms with Crippen molar-refractivity contribution in [2.45, 2.75) is 0 Å². The van der Waals surface area contributed by atoms with Crippen molar-refractivity contribution < 1.29 is 8.78 Å². The van der Waals surface area contributed by atoms with Gasteiger partial charge < -0.3 is 0 Å². The van der Waals surface area contributed by atoms with Gasteiger partial charge in [0.25, 0.3) is 0 Å². The Morgan fingerprint density at radius 2 is 0.889 bits per heavy atom. The Kier molecular flexibility index (Phi) is 4.02. The van der Waals surface area contributed by atoms with Gasteiger partial charge in [0, 0.05) is 0 Å². The summed E-state index contributed by atoms with van der Waals surface area (Å²) < 4.78 is 25.3. The average molecular weight is 242 g/mol. The molecule has 0 aliphatic carbocycles. The van der Waals surface area contributed by atoms with Gasteiger partial charge in [-0.15, -0.1) is 0 Å². The highest BCUT2D eigenvalue weighted by atomic mass is 19.1. The van der Waals surface area contributed by atoms with Crippen molar-refractivity contribution in [3.8, 4) is 0 Å². The first-order valence-electron chi connectivity index (χ1n) is 5.60. The minimum Gasteiger partial charge on any atom is -0.207 e. The number of rotatable bonds is 3. The van der Waals surface area contributed by atoms with Crippen molar-refractivity contribution in [2.75, 3.05) is 0 Å². The van der Waals surface area contributed by atoms with Crippen LogP contribution >= 0.6 is 0 Å². The highest BCUT2D eigenvalue weighted by Gasteiger charge is 1.88. The van der Waals surface area contributed by atoms with E-state index >= 15 is 0 Å². The van der Waals surface area contributed by atoms with Gasteiger partial charge in [-0.1, -0.05) is 48.6 Å². The first-order valence-corrected chi connectivity index (χ1v) is 5.60. The molecule has 0 unspecified atom stereocenters. The third-order valence-corrected chi connectivity index (χ3v) is 2.43. The van der Waals surface area contributed by atoms with Gasteiger partial charge in [0.2, 0.25) is 0 Å². The lowest BCUT2D eigenvalue weighted by atomic mass is 10.2. The second-order valence-electron chi connectivity index (χ2n) is 3.82. The highest BCUT2D eigenvalue weighted by molar-refractivity contribution is 5.56. The molecular weight excluding hydrogens is 230 g/mol. The van der Waals surface area contributed by atoms with Gasteiger partial charge >= 0.3 is 0 Å². The fraction of sp³-hybridized carbons (Fsp3) is 0. The summed E-state index contributed by atoms with van der Waals surface area (Å²) in [4.78, 5) is 0. The summed E-state index contributed by atoms with van der Waals surface area (Å²) in [7, 11) is 0. The standard InChI is InChI=1S/C16H12F2/c17-15-9-5-13(6-10-15)3-1-2-4-14-7-11-16(18)12-8-14/h1-12H/b3-1+,4-2+. The van der Waals surface area contributed by atoms with Crippen LogP contribution in [0.3, 0.4) is 0 Å². The van der Waals surface area contributed by atoms with Crippen LogP contribution in [0, 0.1) is 11.6 Å². The van der Waals surface area contributed by atoms with E-state index in [4.69, 9.17) is 0 Å². The van der Waals surface area contributed by atoms with Gasteiger partial charge in [0.15, 0.2) is 0 Å². The summed E-state index contributed by atoms with van der Waals surface area (Å²) >= 11 is 0. The number of benzene rings is 2. The van der Waals surface area contributed by atoms with E-state index in [0.717, 1.165) is 11.1 Å². The summed E-state index contributed by atoms with van der Waals surface area (Å²) in [6, 6.07) is 12.5. The molecule has 0 fully saturated rings. The molecular formula is C16H12F2. The Hall–Kier alpha value is -2.22. The smallest absolute Gasteiger partial charge is 0.123 e. The summed E-state index contributed by atoms with van der Waals surface area (Å²) in [6.45, 7) is 0. The van der Waals surface area contributed by atoms with Crippen molar-refractivity contribution in [1.82, 2.24) is 0 Å². The Morgan fingerprint density at radius 1 is 0.556 bits per heavy atom.